The summed E-state index contributed by atoms with van der Waals surface area (Å²) in [5.74, 6) is -1.17. The minimum atomic E-state index is -0.779. The third-order valence-corrected chi connectivity index (χ3v) is 5.12. The number of carbonyl (C=O) groups is 3. The number of rotatable bonds is 2. The summed E-state index contributed by atoms with van der Waals surface area (Å²) in [6.45, 7) is 1.77. The van der Waals surface area contributed by atoms with Crippen LogP contribution >= 0.6 is 31.9 Å². The van der Waals surface area contributed by atoms with E-state index in [0.29, 0.717) is 20.6 Å². The lowest BCUT2D eigenvalue weighted by atomic mass is 10.1. The van der Waals surface area contributed by atoms with Crippen LogP contribution in [0.4, 0.5) is 10.5 Å². The maximum Gasteiger partial charge on any atom is 0.335 e. The number of hydrogen-bond acceptors (Lipinski definition) is 4. The second kappa shape index (κ2) is 6.37. The number of anilines is 1. The summed E-state index contributed by atoms with van der Waals surface area (Å²) in [7, 11) is 0. The molecule has 1 aliphatic rings. The van der Waals surface area contributed by atoms with Crippen LogP contribution in [-0.2, 0) is 9.59 Å². The average Bonchev–Trinajstić information content (AvgIpc) is 2.83. The van der Waals surface area contributed by atoms with Crippen molar-refractivity contribution in [1.82, 2.24) is 5.32 Å². The van der Waals surface area contributed by atoms with Gasteiger partial charge in [0.05, 0.1) is 10.2 Å². The Labute approximate surface area is 153 Å². The van der Waals surface area contributed by atoms with E-state index in [1.807, 2.05) is 0 Å². The number of hydrogen-bond donors (Lipinski definition) is 1. The summed E-state index contributed by atoms with van der Waals surface area (Å²) < 4.78 is 6.44. The third-order valence-electron chi connectivity index (χ3n) is 3.41. The van der Waals surface area contributed by atoms with Crippen LogP contribution in [0, 0.1) is 6.92 Å². The second-order valence-corrected chi connectivity index (χ2v) is 6.59. The monoisotopic (exact) mass is 452 g/mol. The molecule has 1 N–H and O–H groups in total. The minimum Gasteiger partial charge on any atom is -0.449 e. The van der Waals surface area contributed by atoms with Crippen molar-refractivity contribution in [3.8, 4) is 0 Å². The van der Waals surface area contributed by atoms with E-state index in [-0.39, 0.29) is 5.57 Å². The fourth-order valence-corrected chi connectivity index (χ4v) is 2.88. The molecule has 8 heteroatoms. The van der Waals surface area contributed by atoms with E-state index in [1.165, 1.54) is 6.08 Å². The standard InChI is InChI=1S/C16H10Br2N2O4/c1-8-4-2-3-5-12(8)20-15(22)10(14(21)19-16(20)23)6-9-7-11(17)13(18)24-9/h2-7H,1H3,(H,19,21,23)/b10-6+. The van der Waals surface area contributed by atoms with Crippen LogP contribution in [0.25, 0.3) is 6.08 Å². The van der Waals surface area contributed by atoms with Gasteiger partial charge in [-0.3, -0.25) is 14.9 Å². The Morgan fingerprint density at radius 2 is 1.88 bits per heavy atom. The van der Waals surface area contributed by atoms with E-state index >= 15 is 0 Å². The van der Waals surface area contributed by atoms with Gasteiger partial charge in [-0.05, 0) is 62.6 Å². The average molecular weight is 454 g/mol. The molecule has 2 heterocycles. The molecular weight excluding hydrogens is 444 g/mol. The molecule has 0 unspecified atom stereocenters. The number of urea groups is 1. The Morgan fingerprint density at radius 3 is 2.50 bits per heavy atom. The van der Waals surface area contributed by atoms with Gasteiger partial charge in [-0.25, -0.2) is 9.69 Å². The highest BCUT2D eigenvalue weighted by Crippen LogP contribution is 2.29. The fraction of sp³-hybridized carbons (Fsp3) is 0.0625. The van der Waals surface area contributed by atoms with Crippen molar-refractivity contribution in [3.05, 3.63) is 56.4 Å². The third kappa shape index (κ3) is 2.94. The van der Waals surface area contributed by atoms with Crippen molar-refractivity contribution in [2.45, 2.75) is 6.92 Å². The van der Waals surface area contributed by atoms with Crippen LogP contribution in [0.3, 0.4) is 0 Å². The zero-order valence-corrected chi connectivity index (χ0v) is 15.5. The molecule has 122 valence electrons. The number of benzene rings is 1. The largest absolute Gasteiger partial charge is 0.449 e. The summed E-state index contributed by atoms with van der Waals surface area (Å²) in [6, 6.07) is 7.75. The van der Waals surface area contributed by atoms with Crippen molar-refractivity contribution < 1.29 is 18.8 Å². The fourth-order valence-electron chi connectivity index (χ4n) is 2.27. The Bertz CT molecular complexity index is 882. The van der Waals surface area contributed by atoms with E-state index in [2.05, 4.69) is 37.2 Å². The van der Waals surface area contributed by atoms with Gasteiger partial charge in [-0.2, -0.15) is 0 Å². The number of halogens is 2. The molecule has 2 aromatic rings. The zero-order chi connectivity index (χ0) is 17.4. The lowest BCUT2D eigenvalue weighted by Crippen LogP contribution is -2.54. The first-order valence-corrected chi connectivity index (χ1v) is 8.39. The Kier molecular flexibility index (Phi) is 4.42. The number of para-hydroxylation sites is 1. The summed E-state index contributed by atoms with van der Waals surface area (Å²) in [6.07, 6.45) is 1.30. The van der Waals surface area contributed by atoms with Gasteiger partial charge >= 0.3 is 6.03 Å². The van der Waals surface area contributed by atoms with Crippen molar-refractivity contribution in [2.24, 2.45) is 0 Å². The Morgan fingerprint density at radius 1 is 1.17 bits per heavy atom. The number of nitrogens with one attached hydrogen (secondary N) is 1. The number of aryl methyl sites for hydroxylation is 1. The summed E-state index contributed by atoms with van der Waals surface area (Å²) in [4.78, 5) is 37.8. The molecule has 1 aromatic carbocycles. The molecule has 6 nitrogen and oxygen atoms in total. The first-order chi connectivity index (χ1) is 11.4. The SMILES string of the molecule is Cc1ccccc1N1C(=O)NC(=O)/C(=C\c2cc(Br)c(Br)o2)C1=O. The molecule has 0 aliphatic carbocycles. The highest BCUT2D eigenvalue weighted by molar-refractivity contribution is 9.13. The molecule has 0 saturated carbocycles. The van der Waals surface area contributed by atoms with Crippen LogP contribution in [0.2, 0.25) is 0 Å². The van der Waals surface area contributed by atoms with E-state index in [9.17, 15) is 14.4 Å². The van der Waals surface area contributed by atoms with Gasteiger partial charge in [-0.15, -0.1) is 0 Å². The topological polar surface area (TPSA) is 79.6 Å². The maximum atomic E-state index is 12.7. The molecule has 3 rings (SSSR count). The van der Waals surface area contributed by atoms with Gasteiger partial charge in [-0.1, -0.05) is 18.2 Å². The van der Waals surface area contributed by atoms with Crippen molar-refractivity contribution >= 4 is 61.5 Å². The van der Waals surface area contributed by atoms with Gasteiger partial charge in [0.2, 0.25) is 0 Å². The first kappa shape index (κ1) is 16.7. The van der Waals surface area contributed by atoms with Crippen molar-refractivity contribution in [1.29, 1.82) is 0 Å². The molecule has 0 spiro atoms. The summed E-state index contributed by atoms with van der Waals surface area (Å²) >= 11 is 6.44. The molecule has 0 radical (unpaired) electrons. The van der Waals surface area contributed by atoms with E-state index in [1.54, 1.807) is 37.3 Å². The van der Waals surface area contributed by atoms with Crippen LogP contribution in [0.5, 0.6) is 0 Å². The smallest absolute Gasteiger partial charge is 0.335 e. The Balaban J connectivity index is 2.05. The predicted octanol–water partition coefficient (Wildman–Crippen LogP) is 3.78. The molecular formula is C16H10Br2N2O4. The first-order valence-electron chi connectivity index (χ1n) is 6.80. The van der Waals surface area contributed by atoms with Crippen LogP contribution < -0.4 is 10.2 Å². The number of furan rings is 1. The highest BCUT2D eigenvalue weighted by Gasteiger charge is 2.37. The van der Waals surface area contributed by atoms with Crippen molar-refractivity contribution in [3.63, 3.8) is 0 Å². The normalized spacial score (nSPS) is 16.7. The van der Waals surface area contributed by atoms with Crippen LogP contribution in [0.1, 0.15) is 11.3 Å². The van der Waals surface area contributed by atoms with Gasteiger partial charge in [0, 0.05) is 0 Å². The number of nitrogens with zero attached hydrogens (tertiary/aromatic N) is 1. The maximum absolute atomic E-state index is 12.7. The molecule has 1 aliphatic heterocycles. The molecule has 1 saturated heterocycles. The number of imide groups is 2. The second-order valence-electron chi connectivity index (χ2n) is 5.01. The quantitative estimate of drug-likeness (QED) is 0.554. The molecule has 24 heavy (non-hydrogen) atoms. The lowest BCUT2D eigenvalue weighted by Gasteiger charge is -2.27. The van der Waals surface area contributed by atoms with E-state index in [0.717, 1.165) is 10.5 Å². The number of amides is 4. The predicted molar refractivity (Wildman–Crippen MR) is 94.3 cm³/mol. The van der Waals surface area contributed by atoms with Gasteiger partial charge in [0.1, 0.15) is 11.3 Å². The van der Waals surface area contributed by atoms with Gasteiger partial charge < -0.3 is 4.42 Å². The number of barbiturate groups is 1. The minimum absolute atomic E-state index is 0.188. The summed E-state index contributed by atoms with van der Waals surface area (Å²) in [5, 5.41) is 2.17. The van der Waals surface area contributed by atoms with Gasteiger partial charge in [0.15, 0.2) is 4.67 Å². The van der Waals surface area contributed by atoms with Crippen molar-refractivity contribution in [2.75, 3.05) is 4.90 Å². The lowest BCUT2D eigenvalue weighted by molar-refractivity contribution is -0.122. The Hall–Kier alpha value is -2.19. The molecule has 1 fully saturated rings. The molecule has 4 amide bonds. The zero-order valence-electron chi connectivity index (χ0n) is 12.3. The van der Waals surface area contributed by atoms with Crippen LogP contribution in [-0.4, -0.2) is 17.8 Å². The van der Waals surface area contributed by atoms with E-state index in [4.69, 9.17) is 4.42 Å². The molecule has 0 atom stereocenters. The number of carbonyl (C=O) groups excluding carboxylic acids is 3. The molecule has 1 aromatic heterocycles. The van der Waals surface area contributed by atoms with Crippen LogP contribution in [0.15, 0.2) is 49.5 Å². The van der Waals surface area contributed by atoms with Gasteiger partial charge in [0.25, 0.3) is 11.8 Å². The highest BCUT2D eigenvalue weighted by atomic mass is 79.9. The molecule has 0 bridgehead atoms. The van der Waals surface area contributed by atoms with E-state index < -0.39 is 17.8 Å². The summed E-state index contributed by atoms with van der Waals surface area (Å²) in [5.41, 5.74) is 0.963.